The highest BCUT2D eigenvalue weighted by Crippen LogP contribution is 2.36. The molecule has 1 saturated heterocycles. The Kier molecular flexibility index (Phi) is 7.41. The van der Waals surface area contributed by atoms with Gasteiger partial charge in [0.05, 0.1) is 4.92 Å². The van der Waals surface area contributed by atoms with Crippen molar-refractivity contribution in [3.8, 4) is 11.5 Å². The molecule has 0 bridgehead atoms. The van der Waals surface area contributed by atoms with Gasteiger partial charge in [-0.2, -0.15) is 0 Å². The number of anilines is 1. The van der Waals surface area contributed by atoms with Gasteiger partial charge in [-0.25, -0.2) is 0 Å². The molecular weight excluding hydrogens is 398 g/mol. The molecule has 2 aromatic rings. The largest absolute Gasteiger partial charge is 0.504 e. The number of nitrogens with zero attached hydrogens (tertiary/aromatic N) is 3. The summed E-state index contributed by atoms with van der Waals surface area (Å²) in [5.41, 5.74) is 1.82. The van der Waals surface area contributed by atoms with Crippen molar-refractivity contribution in [2.45, 2.75) is 13.3 Å². The molecule has 3 rings (SSSR count). The molecule has 2 aromatic carbocycles. The van der Waals surface area contributed by atoms with Crippen molar-refractivity contribution in [1.29, 1.82) is 0 Å². The van der Waals surface area contributed by atoms with Gasteiger partial charge in [0.15, 0.2) is 11.5 Å². The number of aromatic hydroxyl groups is 2. The Morgan fingerprint density at radius 1 is 1.14 bits per heavy atom. The van der Waals surface area contributed by atoms with Crippen molar-refractivity contribution >= 4 is 29.6 Å². The molecule has 0 aromatic heterocycles. The van der Waals surface area contributed by atoms with Crippen molar-refractivity contribution in [3.63, 3.8) is 0 Å². The molecule has 9 heteroatoms. The number of hydrogen-bond acceptors (Lipinski definition) is 7. The third-order valence-electron chi connectivity index (χ3n) is 5.07. The van der Waals surface area contributed by atoms with Crippen LogP contribution in [0.4, 0.5) is 11.4 Å². The van der Waals surface area contributed by atoms with Crippen LogP contribution in [0.25, 0.3) is 0 Å². The molecule has 0 amide bonds. The van der Waals surface area contributed by atoms with E-state index in [1.165, 1.54) is 11.3 Å². The average molecular weight is 422 g/mol. The molecule has 156 valence electrons. The Hall–Kier alpha value is -2.84. The summed E-state index contributed by atoms with van der Waals surface area (Å²) >= 11 is 0. The maximum atomic E-state index is 12.4. The summed E-state index contributed by atoms with van der Waals surface area (Å²) in [5, 5.41) is 30.1. The summed E-state index contributed by atoms with van der Waals surface area (Å²) in [4.78, 5) is 27.0. The van der Waals surface area contributed by atoms with E-state index in [9.17, 15) is 25.1 Å². The SMILES string of the molecule is Cc1ccccc1N1CCN(CCC(=O)c2cc(O)c(O)c([N+](=O)[O-])c2)CC1.Cl. The van der Waals surface area contributed by atoms with Crippen LogP contribution in [0, 0.1) is 17.0 Å². The van der Waals surface area contributed by atoms with Gasteiger partial charge in [0.1, 0.15) is 0 Å². The molecule has 29 heavy (non-hydrogen) atoms. The first kappa shape index (κ1) is 22.4. The summed E-state index contributed by atoms with van der Waals surface area (Å²) in [6, 6.07) is 10.3. The molecule has 0 unspecified atom stereocenters. The third kappa shape index (κ3) is 5.16. The lowest BCUT2D eigenvalue weighted by Gasteiger charge is -2.36. The van der Waals surface area contributed by atoms with E-state index in [0.717, 1.165) is 38.3 Å². The zero-order chi connectivity index (χ0) is 20.3. The first-order chi connectivity index (χ1) is 13.4. The molecule has 1 heterocycles. The third-order valence-corrected chi connectivity index (χ3v) is 5.07. The van der Waals surface area contributed by atoms with E-state index in [1.54, 1.807) is 0 Å². The van der Waals surface area contributed by atoms with Gasteiger partial charge in [-0.1, -0.05) is 18.2 Å². The number of carbonyl (C=O) groups excluding carboxylic acids is 1. The van der Waals surface area contributed by atoms with Crippen LogP contribution in [0.3, 0.4) is 0 Å². The normalized spacial score (nSPS) is 14.3. The Morgan fingerprint density at radius 3 is 2.41 bits per heavy atom. The molecule has 0 aliphatic carbocycles. The highest BCUT2D eigenvalue weighted by molar-refractivity contribution is 5.97. The lowest BCUT2D eigenvalue weighted by Crippen LogP contribution is -2.47. The van der Waals surface area contributed by atoms with Crippen molar-refractivity contribution < 1.29 is 19.9 Å². The molecule has 1 fully saturated rings. The Bertz CT molecular complexity index is 898. The Labute approximate surface area is 174 Å². The van der Waals surface area contributed by atoms with E-state index in [2.05, 4.69) is 28.9 Å². The number of Topliss-reactive ketones (excluding diaryl/α,β-unsaturated/α-hetero) is 1. The maximum Gasteiger partial charge on any atom is 0.315 e. The minimum atomic E-state index is -0.825. The van der Waals surface area contributed by atoms with Gasteiger partial charge in [0.25, 0.3) is 0 Å². The first-order valence-electron chi connectivity index (χ1n) is 9.13. The van der Waals surface area contributed by atoms with Crippen molar-refractivity contribution in [3.05, 3.63) is 57.6 Å². The highest BCUT2D eigenvalue weighted by Gasteiger charge is 2.23. The summed E-state index contributed by atoms with van der Waals surface area (Å²) in [7, 11) is 0. The molecule has 1 aliphatic heterocycles. The van der Waals surface area contributed by atoms with Crippen LogP contribution in [-0.4, -0.2) is 58.5 Å². The van der Waals surface area contributed by atoms with Crippen LogP contribution in [-0.2, 0) is 0 Å². The number of aryl methyl sites for hydroxylation is 1. The number of carbonyl (C=O) groups is 1. The molecule has 0 spiro atoms. The number of halogens is 1. The predicted molar refractivity (Wildman–Crippen MR) is 112 cm³/mol. The van der Waals surface area contributed by atoms with Crippen LogP contribution in [0.1, 0.15) is 22.3 Å². The van der Waals surface area contributed by atoms with E-state index in [0.29, 0.717) is 6.54 Å². The minimum Gasteiger partial charge on any atom is -0.504 e. The molecule has 0 atom stereocenters. The zero-order valence-electron chi connectivity index (χ0n) is 16.1. The number of hydrogen-bond donors (Lipinski definition) is 2. The average Bonchev–Trinajstić information content (AvgIpc) is 2.68. The smallest absolute Gasteiger partial charge is 0.315 e. The number of phenolic OH excluding ortho intramolecular Hbond substituents is 2. The van der Waals surface area contributed by atoms with Gasteiger partial charge < -0.3 is 15.1 Å². The van der Waals surface area contributed by atoms with Crippen LogP contribution < -0.4 is 4.90 Å². The van der Waals surface area contributed by atoms with E-state index < -0.39 is 22.1 Å². The number of para-hydroxylation sites is 1. The summed E-state index contributed by atoms with van der Waals surface area (Å²) in [6.07, 6.45) is 0.186. The van der Waals surface area contributed by atoms with Crippen molar-refractivity contribution in [2.24, 2.45) is 0 Å². The fourth-order valence-electron chi connectivity index (χ4n) is 3.44. The van der Waals surface area contributed by atoms with Crippen LogP contribution in [0.15, 0.2) is 36.4 Å². The monoisotopic (exact) mass is 421 g/mol. The molecule has 0 radical (unpaired) electrons. The molecule has 8 nitrogen and oxygen atoms in total. The van der Waals surface area contributed by atoms with Gasteiger partial charge in [-0.05, 0) is 24.6 Å². The molecule has 2 N–H and O–H groups in total. The second kappa shape index (κ2) is 9.58. The lowest BCUT2D eigenvalue weighted by molar-refractivity contribution is -0.386. The summed E-state index contributed by atoms with van der Waals surface area (Å²) < 4.78 is 0. The Morgan fingerprint density at radius 2 is 1.79 bits per heavy atom. The number of ketones is 1. The number of nitro benzene ring substituents is 1. The summed E-state index contributed by atoms with van der Waals surface area (Å²) in [6.45, 7) is 6.00. The van der Waals surface area contributed by atoms with E-state index in [4.69, 9.17) is 0 Å². The predicted octanol–water partition coefficient (Wildman–Crippen LogP) is 3.13. The van der Waals surface area contributed by atoms with Crippen LogP contribution in [0.5, 0.6) is 11.5 Å². The second-order valence-corrected chi connectivity index (χ2v) is 6.91. The van der Waals surface area contributed by atoms with Gasteiger partial charge in [0.2, 0.25) is 5.75 Å². The van der Waals surface area contributed by atoms with Gasteiger partial charge in [0, 0.05) is 56.5 Å². The van der Waals surface area contributed by atoms with Crippen LogP contribution in [0.2, 0.25) is 0 Å². The standard InChI is InChI=1S/C20H23N3O5.ClH/c1-14-4-2-3-5-16(14)22-10-8-21(9-11-22)7-6-18(24)15-12-17(23(27)28)20(26)19(25)13-15;/h2-5,12-13,25-26H,6-11H2,1H3;1H. The van der Waals surface area contributed by atoms with Crippen LogP contribution >= 0.6 is 12.4 Å². The number of piperazine rings is 1. The van der Waals surface area contributed by atoms with E-state index >= 15 is 0 Å². The Balaban J connectivity index is 0.00000300. The first-order valence-corrected chi connectivity index (χ1v) is 9.13. The van der Waals surface area contributed by atoms with Gasteiger partial charge in [-0.3, -0.25) is 19.8 Å². The number of rotatable bonds is 6. The van der Waals surface area contributed by atoms with Gasteiger partial charge >= 0.3 is 5.69 Å². The molecular formula is C20H24ClN3O5. The minimum absolute atomic E-state index is 0. The number of benzene rings is 2. The fraction of sp³-hybridized carbons (Fsp3) is 0.350. The lowest BCUT2D eigenvalue weighted by atomic mass is 10.1. The quantitative estimate of drug-likeness (QED) is 0.319. The highest BCUT2D eigenvalue weighted by atomic mass is 35.5. The topological polar surface area (TPSA) is 107 Å². The molecule has 1 aliphatic rings. The summed E-state index contributed by atoms with van der Waals surface area (Å²) in [5.74, 6) is -1.79. The van der Waals surface area contributed by atoms with Gasteiger partial charge in [-0.15, -0.1) is 12.4 Å². The number of phenols is 2. The maximum absolute atomic E-state index is 12.4. The number of nitro groups is 1. The van der Waals surface area contributed by atoms with Crippen molar-refractivity contribution in [2.75, 3.05) is 37.6 Å². The zero-order valence-corrected chi connectivity index (χ0v) is 16.9. The van der Waals surface area contributed by atoms with E-state index in [1.807, 2.05) is 12.1 Å². The fourth-order valence-corrected chi connectivity index (χ4v) is 3.44. The van der Waals surface area contributed by atoms with Crippen molar-refractivity contribution in [1.82, 2.24) is 4.90 Å². The molecule has 0 saturated carbocycles. The van der Waals surface area contributed by atoms with E-state index in [-0.39, 0.29) is 30.2 Å². The second-order valence-electron chi connectivity index (χ2n) is 6.91.